The molecular formula is C36H41FN2O4S. The zero-order valence-corrected chi connectivity index (χ0v) is 26.0. The van der Waals surface area contributed by atoms with Crippen molar-refractivity contribution < 1.29 is 22.1 Å². The molecular weight excluding hydrogens is 575 g/mol. The van der Waals surface area contributed by atoms with Crippen LogP contribution in [0.25, 0.3) is 11.1 Å². The van der Waals surface area contributed by atoms with Gasteiger partial charge in [0, 0.05) is 31.0 Å². The Balaban J connectivity index is 0.000000296. The third kappa shape index (κ3) is 7.99. The van der Waals surface area contributed by atoms with E-state index in [1.165, 1.54) is 47.2 Å². The number of pyridine rings is 1. The summed E-state index contributed by atoms with van der Waals surface area (Å²) in [5.41, 5.74) is 6.00. The number of nitrogens with one attached hydrogen (secondary N) is 1. The van der Waals surface area contributed by atoms with Crippen molar-refractivity contribution in [2.45, 2.75) is 74.3 Å². The van der Waals surface area contributed by atoms with Gasteiger partial charge in [-0.2, -0.15) is 8.42 Å². The Morgan fingerprint density at radius 1 is 0.909 bits per heavy atom. The molecule has 2 aliphatic rings. The quantitative estimate of drug-likeness (QED) is 0.156. The van der Waals surface area contributed by atoms with E-state index in [0.717, 1.165) is 57.4 Å². The molecule has 1 aliphatic carbocycles. The number of hydrogen-bond acceptors (Lipinski definition) is 5. The maximum Gasteiger partial charge on any atom is 0.294 e. The van der Waals surface area contributed by atoms with Crippen molar-refractivity contribution >= 4 is 10.1 Å². The molecule has 232 valence electrons. The summed E-state index contributed by atoms with van der Waals surface area (Å²) >= 11 is 0. The number of aromatic nitrogens is 1. The van der Waals surface area contributed by atoms with Gasteiger partial charge in [0.25, 0.3) is 10.1 Å². The Morgan fingerprint density at radius 2 is 1.59 bits per heavy atom. The van der Waals surface area contributed by atoms with Crippen LogP contribution in [0.1, 0.15) is 61.6 Å². The minimum atomic E-state index is -4.02. The zero-order valence-electron chi connectivity index (χ0n) is 25.2. The van der Waals surface area contributed by atoms with Crippen molar-refractivity contribution in [3.63, 3.8) is 0 Å². The van der Waals surface area contributed by atoms with Crippen LogP contribution in [-0.2, 0) is 26.8 Å². The predicted molar refractivity (Wildman–Crippen MR) is 171 cm³/mol. The van der Waals surface area contributed by atoms with Gasteiger partial charge in [0.15, 0.2) is 0 Å². The Bertz CT molecular complexity index is 1610. The molecule has 2 N–H and O–H groups in total. The second-order valence-corrected chi connectivity index (χ2v) is 13.5. The SMILES string of the molecule is Cc1ccc(S(=O)(=O)O)cc1.Fc1ccc(C2(CCNCc3ccccc3-c3ccncc3)CCOC3(CCCC3)C2)cc1. The molecule has 0 radical (unpaired) electrons. The fourth-order valence-corrected chi connectivity index (χ4v) is 7.20. The summed E-state index contributed by atoms with van der Waals surface area (Å²) in [5, 5.41) is 3.71. The molecule has 6 rings (SSSR count). The summed E-state index contributed by atoms with van der Waals surface area (Å²) in [6, 6.07) is 25.9. The Hall–Kier alpha value is -3.43. The highest BCUT2D eigenvalue weighted by atomic mass is 32.2. The third-order valence-electron chi connectivity index (χ3n) is 9.04. The highest BCUT2D eigenvalue weighted by molar-refractivity contribution is 7.85. The molecule has 1 saturated heterocycles. The van der Waals surface area contributed by atoms with Crippen LogP contribution < -0.4 is 5.32 Å². The Kier molecular flexibility index (Phi) is 10.3. The van der Waals surface area contributed by atoms with Gasteiger partial charge >= 0.3 is 0 Å². The maximum atomic E-state index is 13.7. The lowest BCUT2D eigenvalue weighted by atomic mass is 9.66. The van der Waals surface area contributed by atoms with Gasteiger partial charge in [0.2, 0.25) is 0 Å². The van der Waals surface area contributed by atoms with E-state index in [9.17, 15) is 12.8 Å². The zero-order chi connectivity index (χ0) is 31.0. The van der Waals surface area contributed by atoms with Crippen LogP contribution in [-0.4, -0.2) is 36.7 Å². The van der Waals surface area contributed by atoms with Gasteiger partial charge in [0.05, 0.1) is 10.5 Å². The molecule has 2 heterocycles. The fourth-order valence-electron chi connectivity index (χ4n) is 6.72. The molecule has 0 bridgehead atoms. The number of benzene rings is 3. The number of ether oxygens (including phenoxy) is 1. The van der Waals surface area contributed by atoms with Gasteiger partial charge in [-0.25, -0.2) is 4.39 Å². The molecule has 1 atom stereocenters. The van der Waals surface area contributed by atoms with E-state index >= 15 is 0 Å². The molecule has 44 heavy (non-hydrogen) atoms. The number of hydrogen-bond donors (Lipinski definition) is 2. The molecule has 1 aliphatic heterocycles. The number of nitrogens with zero attached hydrogens (tertiary/aromatic N) is 1. The fraction of sp³-hybridized carbons (Fsp3) is 0.361. The van der Waals surface area contributed by atoms with Crippen LogP contribution >= 0.6 is 0 Å². The van der Waals surface area contributed by atoms with Crippen LogP contribution in [0.2, 0.25) is 0 Å². The number of rotatable bonds is 8. The molecule has 1 spiro atoms. The largest absolute Gasteiger partial charge is 0.375 e. The van der Waals surface area contributed by atoms with E-state index in [-0.39, 0.29) is 21.7 Å². The third-order valence-corrected chi connectivity index (χ3v) is 9.91. The maximum absolute atomic E-state index is 13.7. The summed E-state index contributed by atoms with van der Waals surface area (Å²) in [6.07, 6.45) is 11.6. The lowest BCUT2D eigenvalue weighted by molar-refractivity contribution is -0.103. The highest BCUT2D eigenvalue weighted by Gasteiger charge is 2.47. The number of halogens is 1. The lowest BCUT2D eigenvalue weighted by Crippen LogP contribution is -2.47. The molecule has 8 heteroatoms. The van der Waals surface area contributed by atoms with Crippen LogP contribution in [0, 0.1) is 12.7 Å². The van der Waals surface area contributed by atoms with E-state index in [1.807, 2.05) is 31.5 Å². The van der Waals surface area contributed by atoms with Crippen molar-refractivity contribution in [2.24, 2.45) is 0 Å². The second kappa shape index (κ2) is 14.1. The highest BCUT2D eigenvalue weighted by Crippen LogP contribution is 2.50. The minimum absolute atomic E-state index is 0.0145. The van der Waals surface area contributed by atoms with Gasteiger partial charge in [-0.15, -0.1) is 0 Å². The van der Waals surface area contributed by atoms with Crippen molar-refractivity contribution in [3.05, 3.63) is 120 Å². The average molecular weight is 617 g/mol. The van der Waals surface area contributed by atoms with Crippen molar-refractivity contribution in [3.8, 4) is 11.1 Å². The summed E-state index contributed by atoms with van der Waals surface area (Å²) in [5.74, 6) is -0.164. The van der Waals surface area contributed by atoms with E-state index in [4.69, 9.17) is 9.29 Å². The first kappa shape index (κ1) is 32.0. The van der Waals surface area contributed by atoms with Gasteiger partial charge in [-0.05, 0) is 104 Å². The summed E-state index contributed by atoms with van der Waals surface area (Å²) in [6.45, 7) is 4.37. The summed E-state index contributed by atoms with van der Waals surface area (Å²) in [7, 11) is -4.02. The first-order chi connectivity index (χ1) is 21.2. The standard InChI is InChI=1S/C29H33FN2O.C7H8O3S/c30-26-9-7-25(8-10-26)28(16-20-33-29(22-28)13-3-4-14-29)15-19-32-21-24-5-1-2-6-27(24)23-11-17-31-18-12-23;1-6-2-4-7(5-3-6)11(8,9)10/h1-2,5-12,17-18,32H,3-4,13-16,19-22H2;2-5H,1H3,(H,8,9,10). The smallest absolute Gasteiger partial charge is 0.294 e. The van der Waals surface area contributed by atoms with Gasteiger partial charge in [0.1, 0.15) is 5.82 Å². The number of aryl methyl sites for hydroxylation is 1. The van der Waals surface area contributed by atoms with Crippen LogP contribution in [0.4, 0.5) is 4.39 Å². The van der Waals surface area contributed by atoms with Crippen LogP contribution in [0.15, 0.2) is 102 Å². The predicted octanol–water partition coefficient (Wildman–Crippen LogP) is 7.67. The normalized spacial score (nSPS) is 19.3. The van der Waals surface area contributed by atoms with Crippen LogP contribution in [0.3, 0.4) is 0 Å². The average Bonchev–Trinajstić information content (AvgIpc) is 3.47. The van der Waals surface area contributed by atoms with Crippen LogP contribution in [0.5, 0.6) is 0 Å². The van der Waals surface area contributed by atoms with E-state index < -0.39 is 10.1 Å². The lowest BCUT2D eigenvalue weighted by Gasteiger charge is -2.47. The molecule has 6 nitrogen and oxygen atoms in total. The first-order valence-corrected chi connectivity index (χ1v) is 16.8. The van der Waals surface area contributed by atoms with Gasteiger partial charge in [-0.3, -0.25) is 9.54 Å². The minimum Gasteiger partial charge on any atom is -0.375 e. The molecule has 2 fully saturated rings. The Morgan fingerprint density at radius 3 is 2.27 bits per heavy atom. The molecule has 1 saturated carbocycles. The first-order valence-electron chi connectivity index (χ1n) is 15.3. The molecule has 1 unspecified atom stereocenters. The summed E-state index contributed by atoms with van der Waals surface area (Å²) < 4.78 is 49.6. The van der Waals surface area contributed by atoms with Gasteiger partial charge in [-0.1, -0.05) is 66.9 Å². The van der Waals surface area contributed by atoms with E-state index in [0.29, 0.717) is 0 Å². The van der Waals surface area contributed by atoms with E-state index in [1.54, 1.807) is 24.3 Å². The molecule has 3 aromatic carbocycles. The van der Waals surface area contributed by atoms with Crippen molar-refractivity contribution in [1.82, 2.24) is 10.3 Å². The van der Waals surface area contributed by atoms with Crippen molar-refractivity contribution in [2.75, 3.05) is 13.2 Å². The second-order valence-electron chi connectivity index (χ2n) is 12.1. The van der Waals surface area contributed by atoms with Gasteiger partial charge < -0.3 is 10.1 Å². The topological polar surface area (TPSA) is 88.5 Å². The summed E-state index contributed by atoms with van der Waals surface area (Å²) in [4.78, 5) is 4.08. The van der Waals surface area contributed by atoms with Crippen molar-refractivity contribution in [1.29, 1.82) is 0 Å². The van der Waals surface area contributed by atoms with E-state index in [2.05, 4.69) is 46.7 Å². The molecule has 1 aromatic heterocycles. The molecule has 4 aromatic rings. The Labute approximate surface area is 260 Å². The monoisotopic (exact) mass is 616 g/mol. The molecule has 0 amide bonds.